The van der Waals surface area contributed by atoms with Gasteiger partial charge < -0.3 is 10.1 Å². The molecule has 0 heterocycles. The van der Waals surface area contributed by atoms with Crippen LogP contribution in [0.3, 0.4) is 0 Å². The fourth-order valence-electron chi connectivity index (χ4n) is 0.605. The topological polar surface area (TPSA) is 93.4 Å². The van der Waals surface area contributed by atoms with Gasteiger partial charge in [0.1, 0.15) is 0 Å². The molecule has 0 fully saturated rings. The van der Waals surface area contributed by atoms with Crippen molar-refractivity contribution in [3.05, 3.63) is 0 Å². The van der Waals surface area contributed by atoms with Gasteiger partial charge in [0.15, 0.2) is 0 Å². The largest absolute Gasteiger partial charge is 0.377 e. The fourth-order valence-corrected chi connectivity index (χ4v) is 0.605. The minimum atomic E-state index is -0.857. The Morgan fingerprint density at radius 2 is 2.00 bits per heavy atom. The molecule has 0 unspecified atom stereocenters. The zero-order valence-electron chi connectivity index (χ0n) is 7.79. The van der Waals surface area contributed by atoms with E-state index in [9.17, 15) is 9.59 Å². The van der Waals surface area contributed by atoms with Gasteiger partial charge >= 0.3 is 11.8 Å². The Balaban J connectivity index is 3.43. The molecule has 0 radical (unpaired) electrons. The van der Waals surface area contributed by atoms with Crippen LogP contribution in [0.25, 0.3) is 0 Å². The summed E-state index contributed by atoms with van der Waals surface area (Å²) in [6, 6.07) is 0. The second-order valence-electron chi connectivity index (χ2n) is 2.65. The second kappa shape index (κ2) is 6.38. The van der Waals surface area contributed by atoms with Crippen molar-refractivity contribution in [2.45, 2.75) is 20.0 Å². The first-order valence-electron chi connectivity index (χ1n) is 3.98. The molecule has 6 heteroatoms. The molecule has 0 saturated heterocycles. The summed E-state index contributed by atoms with van der Waals surface area (Å²) in [5.74, 6) is 3.12. The van der Waals surface area contributed by atoms with E-state index < -0.39 is 11.8 Å². The maximum absolute atomic E-state index is 10.8. The van der Waals surface area contributed by atoms with Gasteiger partial charge in [0.25, 0.3) is 0 Å². The lowest BCUT2D eigenvalue weighted by Gasteiger charge is -2.07. The van der Waals surface area contributed by atoms with Crippen LogP contribution in [0.15, 0.2) is 0 Å². The third kappa shape index (κ3) is 6.06. The van der Waals surface area contributed by atoms with E-state index in [2.05, 4.69) is 5.32 Å². The average Bonchev–Trinajstić information content (AvgIpc) is 2.10. The van der Waals surface area contributed by atoms with Crippen molar-refractivity contribution in [3.63, 3.8) is 0 Å². The van der Waals surface area contributed by atoms with Gasteiger partial charge in [-0.15, -0.1) is 0 Å². The minimum Gasteiger partial charge on any atom is -0.377 e. The Bertz CT molecular complexity index is 182. The Morgan fingerprint density at radius 1 is 1.38 bits per heavy atom. The summed E-state index contributed by atoms with van der Waals surface area (Å²) in [4.78, 5) is 21.3. The lowest BCUT2D eigenvalue weighted by Crippen LogP contribution is -2.44. The number of hydrazine groups is 1. The van der Waals surface area contributed by atoms with Crippen LogP contribution in [0.2, 0.25) is 0 Å². The van der Waals surface area contributed by atoms with Crippen molar-refractivity contribution in [2.75, 3.05) is 13.2 Å². The Morgan fingerprint density at radius 3 is 2.46 bits per heavy atom. The molecule has 0 aliphatic carbocycles. The highest BCUT2D eigenvalue weighted by Crippen LogP contribution is 1.84. The summed E-state index contributed by atoms with van der Waals surface area (Å²) in [5.41, 5.74) is 1.72. The highest BCUT2D eigenvalue weighted by atomic mass is 16.5. The highest BCUT2D eigenvalue weighted by Gasteiger charge is 2.09. The highest BCUT2D eigenvalue weighted by molar-refractivity contribution is 6.34. The zero-order valence-corrected chi connectivity index (χ0v) is 7.79. The monoisotopic (exact) mass is 189 g/mol. The molecule has 4 N–H and O–H groups in total. The molecule has 0 aromatic carbocycles. The van der Waals surface area contributed by atoms with E-state index in [0.717, 1.165) is 0 Å². The summed E-state index contributed by atoms with van der Waals surface area (Å²) in [7, 11) is 0. The van der Waals surface area contributed by atoms with Crippen molar-refractivity contribution in [3.8, 4) is 0 Å². The van der Waals surface area contributed by atoms with Crippen LogP contribution < -0.4 is 16.6 Å². The number of nitrogens with one attached hydrogen (secondary N) is 2. The Kier molecular flexibility index (Phi) is 5.82. The molecule has 0 aromatic heterocycles. The molecule has 0 rings (SSSR count). The zero-order chi connectivity index (χ0) is 10.3. The number of hydrogen-bond acceptors (Lipinski definition) is 4. The molecule has 6 nitrogen and oxygen atoms in total. The van der Waals surface area contributed by atoms with Crippen LogP contribution in [0, 0.1) is 0 Å². The lowest BCUT2D eigenvalue weighted by atomic mass is 10.5. The number of ether oxygens (including phenoxy) is 1. The molecule has 0 spiro atoms. The van der Waals surface area contributed by atoms with Crippen molar-refractivity contribution in [1.82, 2.24) is 10.7 Å². The van der Waals surface area contributed by atoms with Crippen molar-refractivity contribution in [1.29, 1.82) is 0 Å². The van der Waals surface area contributed by atoms with E-state index in [1.807, 2.05) is 13.8 Å². The van der Waals surface area contributed by atoms with Gasteiger partial charge in [-0.3, -0.25) is 15.0 Å². The van der Waals surface area contributed by atoms with Gasteiger partial charge in [0.05, 0.1) is 12.7 Å². The van der Waals surface area contributed by atoms with Crippen molar-refractivity contribution < 1.29 is 14.3 Å². The smallest absolute Gasteiger partial charge is 0.323 e. The van der Waals surface area contributed by atoms with E-state index >= 15 is 0 Å². The molecule has 0 aliphatic rings. The molecule has 76 valence electrons. The van der Waals surface area contributed by atoms with Gasteiger partial charge in [0.2, 0.25) is 0 Å². The molecule has 0 saturated carbocycles. The van der Waals surface area contributed by atoms with E-state index in [1.165, 1.54) is 0 Å². The quantitative estimate of drug-likeness (QED) is 0.165. The van der Waals surface area contributed by atoms with Crippen LogP contribution in [0.5, 0.6) is 0 Å². The molecule has 0 aliphatic heterocycles. The third-order valence-corrected chi connectivity index (χ3v) is 1.18. The summed E-state index contributed by atoms with van der Waals surface area (Å²) < 4.78 is 5.13. The van der Waals surface area contributed by atoms with Crippen LogP contribution >= 0.6 is 0 Å². The van der Waals surface area contributed by atoms with Crippen LogP contribution in [0.4, 0.5) is 0 Å². The Hall–Kier alpha value is -1.14. The first kappa shape index (κ1) is 11.9. The van der Waals surface area contributed by atoms with Crippen LogP contribution in [-0.2, 0) is 14.3 Å². The van der Waals surface area contributed by atoms with E-state index in [0.29, 0.717) is 13.2 Å². The third-order valence-electron chi connectivity index (χ3n) is 1.18. The average molecular weight is 189 g/mol. The first-order valence-corrected chi connectivity index (χ1v) is 3.98. The number of rotatable bonds is 4. The van der Waals surface area contributed by atoms with E-state index in [4.69, 9.17) is 10.6 Å². The van der Waals surface area contributed by atoms with Crippen LogP contribution in [0.1, 0.15) is 13.8 Å². The maximum atomic E-state index is 10.8. The van der Waals surface area contributed by atoms with Gasteiger partial charge in [0, 0.05) is 6.54 Å². The fraction of sp³-hybridized carbons (Fsp3) is 0.714. The van der Waals surface area contributed by atoms with Gasteiger partial charge in [-0.05, 0) is 13.8 Å². The van der Waals surface area contributed by atoms with Gasteiger partial charge in [-0.2, -0.15) is 0 Å². The number of amides is 2. The predicted molar refractivity (Wildman–Crippen MR) is 46.4 cm³/mol. The molecule has 13 heavy (non-hydrogen) atoms. The SMILES string of the molecule is CC(C)OCCNC(=O)C(=O)NN. The number of carbonyl (C=O) groups is 2. The van der Waals surface area contributed by atoms with Gasteiger partial charge in [-0.1, -0.05) is 0 Å². The van der Waals surface area contributed by atoms with Crippen LogP contribution in [-0.4, -0.2) is 31.1 Å². The maximum Gasteiger partial charge on any atom is 0.323 e. The Labute approximate surface area is 76.8 Å². The first-order chi connectivity index (χ1) is 6.07. The van der Waals surface area contributed by atoms with Gasteiger partial charge in [-0.25, -0.2) is 5.84 Å². The van der Waals surface area contributed by atoms with Crippen molar-refractivity contribution in [2.24, 2.45) is 5.84 Å². The summed E-state index contributed by atoms with van der Waals surface area (Å²) in [5, 5.41) is 2.33. The van der Waals surface area contributed by atoms with Crippen molar-refractivity contribution >= 4 is 11.8 Å². The van der Waals surface area contributed by atoms with E-state index in [1.54, 1.807) is 5.43 Å². The number of hydrogen-bond donors (Lipinski definition) is 3. The molecule has 0 atom stereocenters. The standard InChI is InChI=1S/C7H15N3O3/c1-5(2)13-4-3-9-6(11)7(12)10-8/h5H,3-4,8H2,1-2H3,(H,9,11)(H,10,12). The summed E-state index contributed by atoms with van der Waals surface area (Å²) >= 11 is 0. The van der Waals surface area contributed by atoms with E-state index in [-0.39, 0.29) is 6.10 Å². The number of nitrogens with two attached hydrogens (primary N) is 1. The lowest BCUT2D eigenvalue weighted by molar-refractivity contribution is -0.139. The molecule has 0 aromatic rings. The predicted octanol–water partition coefficient (Wildman–Crippen LogP) is -1.48. The molecular weight excluding hydrogens is 174 g/mol. The molecule has 2 amide bonds. The molecular formula is C7H15N3O3. The normalized spacial score (nSPS) is 9.85. The molecule has 0 bridgehead atoms. The summed E-state index contributed by atoms with van der Waals surface area (Å²) in [6.45, 7) is 4.44. The summed E-state index contributed by atoms with van der Waals surface area (Å²) in [6.07, 6.45) is 0.111. The second-order valence-corrected chi connectivity index (χ2v) is 2.65. The number of carbonyl (C=O) groups excluding carboxylic acids is 2. The minimum absolute atomic E-state index is 0.111.